The molecule has 1 fully saturated rings. The van der Waals surface area contributed by atoms with Gasteiger partial charge in [-0.25, -0.2) is 0 Å². The number of halogens is 1. The minimum absolute atomic E-state index is 0.200. The third kappa shape index (κ3) is 7.69. The Morgan fingerprint density at radius 1 is 1.00 bits per heavy atom. The fourth-order valence-corrected chi connectivity index (χ4v) is 4.48. The number of piperazine rings is 1. The highest BCUT2D eigenvalue weighted by Crippen LogP contribution is 2.24. The van der Waals surface area contributed by atoms with Crippen LogP contribution in [0, 0.1) is 5.92 Å². The van der Waals surface area contributed by atoms with Crippen molar-refractivity contribution in [2.45, 2.75) is 20.3 Å². The van der Waals surface area contributed by atoms with E-state index in [0.29, 0.717) is 28.9 Å². The summed E-state index contributed by atoms with van der Waals surface area (Å²) in [5, 5.41) is 6.53. The van der Waals surface area contributed by atoms with Crippen molar-refractivity contribution >= 4 is 58.2 Å². The molecule has 1 aromatic heterocycles. The van der Waals surface area contributed by atoms with Gasteiger partial charge in [0.25, 0.3) is 0 Å². The second-order valence-corrected chi connectivity index (χ2v) is 10.3. The lowest BCUT2D eigenvalue weighted by Gasteiger charge is -2.36. The Morgan fingerprint density at radius 3 is 2.34 bits per heavy atom. The zero-order valence-corrected chi connectivity index (χ0v) is 23.0. The Labute approximate surface area is 233 Å². The number of nitrogens with one attached hydrogen (secondary N) is 2. The number of hydrogen-bond acceptors (Lipinski definition) is 5. The summed E-state index contributed by atoms with van der Waals surface area (Å²) in [6.07, 6.45) is 3.55. The van der Waals surface area contributed by atoms with Gasteiger partial charge in [0.15, 0.2) is 5.11 Å². The van der Waals surface area contributed by atoms with Crippen molar-refractivity contribution in [3.8, 4) is 11.3 Å². The van der Waals surface area contributed by atoms with Crippen LogP contribution in [0.25, 0.3) is 17.4 Å². The maximum Gasteiger partial charge on any atom is 0.250 e. The number of rotatable bonds is 7. The first-order valence-electron chi connectivity index (χ1n) is 12.6. The van der Waals surface area contributed by atoms with E-state index in [1.807, 2.05) is 47.4 Å². The predicted molar refractivity (Wildman–Crippen MR) is 157 cm³/mol. The van der Waals surface area contributed by atoms with Gasteiger partial charge in [-0.15, -0.1) is 0 Å². The molecule has 0 saturated carbocycles. The molecule has 2 N–H and O–H groups in total. The van der Waals surface area contributed by atoms with E-state index < -0.39 is 0 Å². The Balaban J connectivity index is 1.23. The van der Waals surface area contributed by atoms with Crippen LogP contribution in [0.5, 0.6) is 0 Å². The lowest BCUT2D eigenvalue weighted by Crippen LogP contribution is -2.49. The van der Waals surface area contributed by atoms with Gasteiger partial charge in [-0.05, 0) is 84.9 Å². The highest BCUT2D eigenvalue weighted by atomic mass is 35.5. The van der Waals surface area contributed by atoms with Gasteiger partial charge in [0.1, 0.15) is 11.5 Å². The first kappa shape index (κ1) is 27.4. The molecule has 0 bridgehead atoms. The number of carbonyl (C=O) groups is 2. The Hall–Kier alpha value is -3.62. The van der Waals surface area contributed by atoms with E-state index in [4.69, 9.17) is 28.2 Å². The second kappa shape index (κ2) is 12.8. The van der Waals surface area contributed by atoms with Gasteiger partial charge in [0.05, 0.1) is 0 Å². The molecule has 0 radical (unpaired) electrons. The van der Waals surface area contributed by atoms with Crippen molar-refractivity contribution < 1.29 is 14.0 Å². The molecule has 2 aromatic carbocycles. The van der Waals surface area contributed by atoms with Crippen LogP contribution in [-0.4, -0.2) is 48.0 Å². The molecule has 3 aromatic rings. The number of thiocarbonyl (C=S) groups is 1. The minimum Gasteiger partial charge on any atom is -0.457 e. The summed E-state index contributed by atoms with van der Waals surface area (Å²) in [5.41, 5.74) is 2.75. The third-order valence-corrected chi connectivity index (χ3v) is 6.55. The van der Waals surface area contributed by atoms with Crippen molar-refractivity contribution in [1.82, 2.24) is 10.2 Å². The molecule has 198 valence electrons. The lowest BCUT2D eigenvalue weighted by molar-refractivity contribution is -0.132. The maximum absolute atomic E-state index is 12.3. The van der Waals surface area contributed by atoms with E-state index in [2.05, 4.69) is 29.4 Å². The smallest absolute Gasteiger partial charge is 0.250 e. The molecule has 38 heavy (non-hydrogen) atoms. The van der Waals surface area contributed by atoms with Gasteiger partial charge in [-0.3, -0.25) is 14.9 Å². The summed E-state index contributed by atoms with van der Waals surface area (Å²) in [4.78, 5) is 28.8. The van der Waals surface area contributed by atoms with Crippen molar-refractivity contribution in [2.75, 3.05) is 36.4 Å². The maximum atomic E-state index is 12.3. The molecule has 0 unspecified atom stereocenters. The molecule has 1 aliphatic heterocycles. The molecule has 0 aliphatic carbocycles. The fraction of sp³-hybridized carbons (Fsp3) is 0.276. The number of anilines is 2. The monoisotopic (exact) mass is 550 g/mol. The van der Waals surface area contributed by atoms with E-state index in [9.17, 15) is 9.59 Å². The summed E-state index contributed by atoms with van der Waals surface area (Å²) < 4.78 is 5.77. The number of amides is 2. The van der Waals surface area contributed by atoms with E-state index in [1.54, 1.807) is 24.3 Å². The Morgan fingerprint density at radius 2 is 1.68 bits per heavy atom. The standard InChI is InChI=1S/C29H31ClN4O3S/c1-20(2)19-28(36)34-17-15-33(16-18-34)24-9-7-23(8-10-24)31-29(38)32-27(35)14-12-25-11-13-26(37-25)21-3-5-22(30)6-4-21/h3-14,20H,15-19H2,1-2H3,(H2,31,32,35,38)/b14-12+. The Kier molecular flexibility index (Phi) is 9.20. The van der Waals surface area contributed by atoms with Crippen LogP contribution in [0.1, 0.15) is 26.0 Å². The van der Waals surface area contributed by atoms with E-state index >= 15 is 0 Å². The Bertz CT molecular complexity index is 1290. The first-order valence-corrected chi connectivity index (χ1v) is 13.3. The topological polar surface area (TPSA) is 77.8 Å². The van der Waals surface area contributed by atoms with Gasteiger partial charge >= 0.3 is 0 Å². The average Bonchev–Trinajstić information content (AvgIpc) is 3.37. The number of carbonyl (C=O) groups excluding carboxylic acids is 2. The molecular formula is C29H31ClN4O3S. The molecule has 2 heterocycles. The van der Waals surface area contributed by atoms with Crippen LogP contribution in [0.15, 0.2) is 71.2 Å². The van der Waals surface area contributed by atoms with Gasteiger partial charge in [-0.2, -0.15) is 0 Å². The summed E-state index contributed by atoms with van der Waals surface area (Å²) in [5.74, 6) is 1.47. The van der Waals surface area contributed by atoms with Crippen LogP contribution >= 0.6 is 23.8 Å². The van der Waals surface area contributed by atoms with Gasteiger partial charge in [0.2, 0.25) is 11.8 Å². The van der Waals surface area contributed by atoms with Crippen LogP contribution in [0.3, 0.4) is 0 Å². The zero-order chi connectivity index (χ0) is 27.1. The minimum atomic E-state index is -0.367. The lowest BCUT2D eigenvalue weighted by atomic mass is 10.1. The first-order chi connectivity index (χ1) is 18.3. The quantitative estimate of drug-likeness (QED) is 0.285. The van der Waals surface area contributed by atoms with Crippen molar-refractivity contribution in [2.24, 2.45) is 5.92 Å². The normalized spacial score (nSPS) is 13.7. The molecule has 2 amide bonds. The van der Waals surface area contributed by atoms with Gasteiger partial charge < -0.3 is 19.5 Å². The SMILES string of the molecule is CC(C)CC(=O)N1CCN(c2ccc(NC(=S)NC(=O)/C=C/c3ccc(-c4ccc(Cl)cc4)o3)cc2)CC1. The summed E-state index contributed by atoms with van der Waals surface area (Å²) in [7, 11) is 0. The molecule has 9 heteroatoms. The summed E-state index contributed by atoms with van der Waals surface area (Å²) >= 11 is 11.2. The largest absolute Gasteiger partial charge is 0.457 e. The molecule has 0 atom stereocenters. The summed E-state index contributed by atoms with van der Waals surface area (Å²) in [6, 6.07) is 18.8. The highest BCUT2D eigenvalue weighted by Gasteiger charge is 2.21. The van der Waals surface area contributed by atoms with Crippen LogP contribution in [-0.2, 0) is 9.59 Å². The average molecular weight is 551 g/mol. The fourth-order valence-electron chi connectivity index (χ4n) is 4.13. The number of hydrogen-bond donors (Lipinski definition) is 2. The summed E-state index contributed by atoms with van der Waals surface area (Å²) in [6.45, 7) is 7.20. The third-order valence-electron chi connectivity index (χ3n) is 6.10. The van der Waals surface area contributed by atoms with Crippen LogP contribution in [0.4, 0.5) is 11.4 Å². The van der Waals surface area contributed by atoms with E-state index in [-0.39, 0.29) is 16.9 Å². The second-order valence-electron chi connectivity index (χ2n) is 9.50. The van der Waals surface area contributed by atoms with Gasteiger partial charge in [-0.1, -0.05) is 25.4 Å². The van der Waals surface area contributed by atoms with E-state index in [0.717, 1.165) is 43.1 Å². The van der Waals surface area contributed by atoms with Crippen LogP contribution < -0.4 is 15.5 Å². The number of benzene rings is 2. The molecule has 7 nitrogen and oxygen atoms in total. The molecule has 4 rings (SSSR count). The van der Waals surface area contributed by atoms with Crippen LogP contribution in [0.2, 0.25) is 5.02 Å². The molecule has 1 saturated heterocycles. The van der Waals surface area contributed by atoms with E-state index in [1.165, 1.54) is 6.08 Å². The molecule has 0 spiro atoms. The number of furan rings is 1. The van der Waals surface area contributed by atoms with Crippen molar-refractivity contribution in [1.29, 1.82) is 0 Å². The number of nitrogens with zero attached hydrogens (tertiary/aromatic N) is 2. The zero-order valence-electron chi connectivity index (χ0n) is 21.4. The highest BCUT2D eigenvalue weighted by molar-refractivity contribution is 7.80. The molecule has 1 aliphatic rings. The van der Waals surface area contributed by atoms with Crippen molar-refractivity contribution in [3.63, 3.8) is 0 Å². The van der Waals surface area contributed by atoms with Gasteiger partial charge in [0, 0.05) is 60.6 Å². The van der Waals surface area contributed by atoms with Crippen molar-refractivity contribution in [3.05, 3.63) is 77.5 Å². The predicted octanol–water partition coefficient (Wildman–Crippen LogP) is 5.82. The molecular weight excluding hydrogens is 520 g/mol.